The summed E-state index contributed by atoms with van der Waals surface area (Å²) < 4.78 is 7.56. The molecule has 0 aliphatic heterocycles. The van der Waals surface area contributed by atoms with Crippen molar-refractivity contribution in [3.63, 3.8) is 0 Å². The van der Waals surface area contributed by atoms with Gasteiger partial charge in [0.1, 0.15) is 17.6 Å². The zero-order valence-corrected chi connectivity index (χ0v) is 10.7. The summed E-state index contributed by atoms with van der Waals surface area (Å²) in [5.74, 6) is 1.73. The molecule has 0 saturated carbocycles. The van der Waals surface area contributed by atoms with Crippen molar-refractivity contribution in [3.05, 3.63) is 41.3 Å². The maximum Gasteiger partial charge on any atom is 0.193 e. The molecule has 1 atom stereocenters. The predicted molar refractivity (Wildman–Crippen MR) is 67.1 cm³/mol. The van der Waals surface area contributed by atoms with Crippen LogP contribution in [-0.4, -0.2) is 16.1 Å². The van der Waals surface area contributed by atoms with Crippen LogP contribution in [0.5, 0.6) is 0 Å². The van der Waals surface area contributed by atoms with Crippen LogP contribution in [0.4, 0.5) is 0 Å². The molecule has 4 nitrogen and oxygen atoms in total. The summed E-state index contributed by atoms with van der Waals surface area (Å²) in [4.78, 5) is 4.39. The van der Waals surface area contributed by atoms with Crippen molar-refractivity contribution in [2.45, 2.75) is 26.4 Å². The molecule has 2 rings (SSSR count). The van der Waals surface area contributed by atoms with E-state index in [9.17, 15) is 0 Å². The standard InChI is InChI=1S/C12H16ClN3O/c1-3-14-11(9-5-6-10(13)17-9)12-15-7-8-16(12)4-2/h5-8,11,14H,3-4H2,1-2H3. The molecule has 0 radical (unpaired) electrons. The van der Waals surface area contributed by atoms with Gasteiger partial charge in [0.2, 0.25) is 0 Å². The molecule has 1 unspecified atom stereocenters. The van der Waals surface area contributed by atoms with Crippen molar-refractivity contribution in [2.24, 2.45) is 0 Å². The molecule has 0 aliphatic rings. The van der Waals surface area contributed by atoms with E-state index >= 15 is 0 Å². The molecule has 0 saturated heterocycles. The van der Waals surface area contributed by atoms with Crippen molar-refractivity contribution < 1.29 is 4.42 Å². The van der Waals surface area contributed by atoms with E-state index in [1.165, 1.54) is 0 Å². The highest BCUT2D eigenvalue weighted by Crippen LogP contribution is 2.24. The van der Waals surface area contributed by atoms with Crippen LogP contribution in [0.25, 0.3) is 0 Å². The number of halogens is 1. The number of aryl methyl sites for hydroxylation is 1. The highest BCUT2D eigenvalue weighted by Gasteiger charge is 2.21. The van der Waals surface area contributed by atoms with Gasteiger partial charge >= 0.3 is 0 Å². The number of furan rings is 1. The number of aromatic nitrogens is 2. The topological polar surface area (TPSA) is 43.0 Å². The van der Waals surface area contributed by atoms with Gasteiger partial charge in [-0.1, -0.05) is 6.92 Å². The summed E-state index contributed by atoms with van der Waals surface area (Å²) in [6.07, 6.45) is 3.76. The van der Waals surface area contributed by atoms with E-state index < -0.39 is 0 Å². The first-order chi connectivity index (χ1) is 8.26. The molecule has 0 aromatic carbocycles. The summed E-state index contributed by atoms with van der Waals surface area (Å²) >= 11 is 5.82. The van der Waals surface area contributed by atoms with Crippen molar-refractivity contribution >= 4 is 11.6 Å². The summed E-state index contributed by atoms with van der Waals surface area (Å²) in [5.41, 5.74) is 0. The lowest BCUT2D eigenvalue weighted by Crippen LogP contribution is -2.24. The van der Waals surface area contributed by atoms with Crippen molar-refractivity contribution in [2.75, 3.05) is 6.54 Å². The zero-order valence-electron chi connectivity index (χ0n) is 9.98. The van der Waals surface area contributed by atoms with Crippen LogP contribution in [-0.2, 0) is 6.54 Å². The highest BCUT2D eigenvalue weighted by molar-refractivity contribution is 6.28. The summed E-state index contributed by atoms with van der Waals surface area (Å²) in [6.45, 7) is 5.85. The Hall–Kier alpha value is -1.26. The van der Waals surface area contributed by atoms with Crippen LogP contribution in [0.2, 0.25) is 5.22 Å². The molecule has 2 aromatic heterocycles. The minimum Gasteiger partial charge on any atom is -0.448 e. The zero-order chi connectivity index (χ0) is 12.3. The van der Waals surface area contributed by atoms with Gasteiger partial charge in [-0.15, -0.1) is 0 Å². The average Bonchev–Trinajstić information content (AvgIpc) is 2.94. The molecule has 0 aliphatic carbocycles. The van der Waals surface area contributed by atoms with Crippen LogP contribution >= 0.6 is 11.6 Å². The average molecular weight is 254 g/mol. The molecule has 1 N–H and O–H groups in total. The summed E-state index contributed by atoms with van der Waals surface area (Å²) in [6, 6.07) is 3.58. The second-order valence-electron chi connectivity index (χ2n) is 3.70. The van der Waals surface area contributed by atoms with E-state index in [0.29, 0.717) is 5.22 Å². The van der Waals surface area contributed by atoms with Crippen molar-refractivity contribution in [3.8, 4) is 0 Å². The first-order valence-electron chi connectivity index (χ1n) is 5.75. The molecule has 92 valence electrons. The molecule has 17 heavy (non-hydrogen) atoms. The van der Waals surface area contributed by atoms with Gasteiger partial charge in [-0.3, -0.25) is 0 Å². The normalized spacial score (nSPS) is 12.9. The quantitative estimate of drug-likeness (QED) is 0.891. The molecule has 0 fully saturated rings. The van der Waals surface area contributed by atoms with Gasteiger partial charge in [-0.2, -0.15) is 0 Å². The maximum atomic E-state index is 5.82. The first-order valence-corrected chi connectivity index (χ1v) is 6.13. The predicted octanol–water partition coefficient (Wildman–Crippen LogP) is 2.85. The van der Waals surface area contributed by atoms with E-state index in [1.54, 1.807) is 12.3 Å². The Labute approximate surface area is 106 Å². The lowest BCUT2D eigenvalue weighted by atomic mass is 10.2. The van der Waals surface area contributed by atoms with Gasteiger partial charge in [0.25, 0.3) is 0 Å². The van der Waals surface area contributed by atoms with Gasteiger partial charge in [-0.25, -0.2) is 4.98 Å². The monoisotopic (exact) mass is 253 g/mol. The van der Waals surface area contributed by atoms with Crippen LogP contribution in [0.1, 0.15) is 31.5 Å². The molecule has 2 heterocycles. The Morgan fingerprint density at radius 2 is 2.29 bits per heavy atom. The Kier molecular flexibility index (Phi) is 3.86. The van der Waals surface area contributed by atoms with Gasteiger partial charge in [-0.05, 0) is 37.2 Å². The molecular weight excluding hydrogens is 238 g/mol. The van der Waals surface area contributed by atoms with E-state index in [4.69, 9.17) is 16.0 Å². The smallest absolute Gasteiger partial charge is 0.193 e. The van der Waals surface area contributed by atoms with Gasteiger partial charge < -0.3 is 14.3 Å². The molecule has 0 bridgehead atoms. The first kappa shape index (κ1) is 12.2. The van der Waals surface area contributed by atoms with E-state index in [-0.39, 0.29) is 6.04 Å². The van der Waals surface area contributed by atoms with Gasteiger partial charge in [0.05, 0.1) is 0 Å². The Bertz CT molecular complexity index is 478. The molecular formula is C12H16ClN3O. The van der Waals surface area contributed by atoms with Crippen molar-refractivity contribution in [1.29, 1.82) is 0 Å². The fraction of sp³-hybridized carbons (Fsp3) is 0.417. The molecule has 2 aromatic rings. The van der Waals surface area contributed by atoms with E-state index in [1.807, 2.05) is 12.3 Å². The Balaban J connectivity index is 2.35. The van der Waals surface area contributed by atoms with E-state index in [2.05, 4.69) is 28.7 Å². The van der Waals surface area contributed by atoms with Crippen LogP contribution in [0.3, 0.4) is 0 Å². The number of hydrogen-bond donors (Lipinski definition) is 1. The lowest BCUT2D eigenvalue weighted by molar-refractivity contribution is 0.433. The molecule has 0 spiro atoms. The Morgan fingerprint density at radius 3 is 2.88 bits per heavy atom. The maximum absolute atomic E-state index is 5.82. The minimum atomic E-state index is -0.0533. The largest absolute Gasteiger partial charge is 0.448 e. The number of nitrogens with zero attached hydrogens (tertiary/aromatic N) is 2. The second-order valence-corrected chi connectivity index (χ2v) is 4.08. The van der Waals surface area contributed by atoms with E-state index in [0.717, 1.165) is 24.7 Å². The van der Waals surface area contributed by atoms with Crippen LogP contribution in [0.15, 0.2) is 28.9 Å². The van der Waals surface area contributed by atoms with Gasteiger partial charge in [0, 0.05) is 18.9 Å². The fourth-order valence-corrected chi connectivity index (χ4v) is 2.01. The summed E-state index contributed by atoms with van der Waals surface area (Å²) in [5, 5.41) is 3.75. The second kappa shape index (κ2) is 5.38. The van der Waals surface area contributed by atoms with Crippen LogP contribution in [0, 0.1) is 0 Å². The van der Waals surface area contributed by atoms with Gasteiger partial charge in [0.15, 0.2) is 5.22 Å². The SMILES string of the molecule is CCNC(c1ccc(Cl)o1)c1nccn1CC. The molecule has 5 heteroatoms. The highest BCUT2D eigenvalue weighted by atomic mass is 35.5. The minimum absolute atomic E-state index is 0.0533. The number of imidazole rings is 1. The third kappa shape index (κ3) is 2.53. The summed E-state index contributed by atoms with van der Waals surface area (Å²) in [7, 11) is 0. The Morgan fingerprint density at radius 1 is 1.47 bits per heavy atom. The number of nitrogens with one attached hydrogen (secondary N) is 1. The third-order valence-electron chi connectivity index (χ3n) is 2.63. The third-order valence-corrected chi connectivity index (χ3v) is 2.84. The van der Waals surface area contributed by atoms with Crippen LogP contribution < -0.4 is 5.32 Å². The lowest BCUT2D eigenvalue weighted by Gasteiger charge is -2.16. The van der Waals surface area contributed by atoms with Crippen molar-refractivity contribution in [1.82, 2.24) is 14.9 Å². The molecule has 0 amide bonds. The number of hydrogen-bond acceptors (Lipinski definition) is 3. The fourth-order valence-electron chi connectivity index (χ4n) is 1.86. The number of rotatable bonds is 5.